The van der Waals surface area contributed by atoms with Crippen LogP contribution in [0.25, 0.3) is 0 Å². The second-order valence-electron chi connectivity index (χ2n) is 6.95. The molecule has 2 aromatic carbocycles. The maximum atomic E-state index is 12.7. The third-order valence-corrected chi connectivity index (χ3v) is 6.08. The summed E-state index contributed by atoms with van der Waals surface area (Å²) in [6.07, 6.45) is 0.849. The fraction of sp³-hybridized carbons (Fsp3) is 0.409. The van der Waals surface area contributed by atoms with Gasteiger partial charge in [-0.3, -0.25) is 9.10 Å². The molecule has 9 nitrogen and oxygen atoms in total. The van der Waals surface area contributed by atoms with Crippen LogP contribution < -0.4 is 28.6 Å². The van der Waals surface area contributed by atoms with E-state index in [0.717, 1.165) is 16.1 Å². The molecule has 0 fully saturated rings. The number of ether oxygens (including phenoxy) is 4. The van der Waals surface area contributed by atoms with Crippen molar-refractivity contribution in [1.82, 2.24) is 5.32 Å². The summed E-state index contributed by atoms with van der Waals surface area (Å²) < 4.78 is 46.4. The smallest absolute Gasteiger partial charge is 0.261 e. The zero-order valence-electron chi connectivity index (χ0n) is 19.2. The molecule has 176 valence electrons. The van der Waals surface area contributed by atoms with E-state index < -0.39 is 16.1 Å². The normalized spacial score (nSPS) is 11.9. The molecule has 0 heterocycles. The third kappa shape index (κ3) is 5.97. The summed E-state index contributed by atoms with van der Waals surface area (Å²) in [4.78, 5) is 12.7. The average Bonchev–Trinajstić information content (AvgIpc) is 2.79. The van der Waals surface area contributed by atoms with Gasteiger partial charge in [-0.2, -0.15) is 0 Å². The highest BCUT2D eigenvalue weighted by molar-refractivity contribution is 7.92. The number of nitrogens with zero attached hydrogens (tertiary/aromatic N) is 1. The van der Waals surface area contributed by atoms with E-state index in [1.54, 1.807) is 36.4 Å². The largest absolute Gasteiger partial charge is 0.493 e. The fourth-order valence-electron chi connectivity index (χ4n) is 3.01. The Labute approximate surface area is 189 Å². The van der Waals surface area contributed by atoms with Crippen molar-refractivity contribution in [1.29, 1.82) is 0 Å². The summed E-state index contributed by atoms with van der Waals surface area (Å²) in [6.45, 7) is 2.05. The van der Waals surface area contributed by atoms with Gasteiger partial charge in [0, 0.05) is 19.2 Å². The summed E-state index contributed by atoms with van der Waals surface area (Å²) >= 11 is 0. The maximum Gasteiger partial charge on any atom is 0.261 e. The van der Waals surface area contributed by atoms with E-state index in [0.29, 0.717) is 35.1 Å². The lowest BCUT2D eigenvalue weighted by Crippen LogP contribution is -2.37. The lowest BCUT2D eigenvalue weighted by Gasteiger charge is -2.20. The van der Waals surface area contributed by atoms with Crippen LogP contribution in [0.3, 0.4) is 0 Å². The number of carbonyl (C=O) groups excluding carboxylic acids is 1. The molecule has 2 aromatic rings. The number of hydrogen-bond donors (Lipinski definition) is 1. The second-order valence-corrected chi connectivity index (χ2v) is 8.96. The minimum absolute atomic E-state index is 0.209. The molecule has 0 spiro atoms. The number of hydrogen-bond acceptors (Lipinski definition) is 7. The zero-order valence-corrected chi connectivity index (χ0v) is 20.0. The number of anilines is 1. The predicted molar refractivity (Wildman–Crippen MR) is 122 cm³/mol. The summed E-state index contributed by atoms with van der Waals surface area (Å²) in [5.74, 6) is 1.62. The number of nitrogens with one attached hydrogen (secondary N) is 1. The molecule has 32 heavy (non-hydrogen) atoms. The van der Waals surface area contributed by atoms with E-state index in [4.69, 9.17) is 18.9 Å². The Morgan fingerprint density at radius 3 is 2.12 bits per heavy atom. The minimum Gasteiger partial charge on any atom is -0.493 e. The van der Waals surface area contributed by atoms with Crippen LogP contribution in [0.4, 0.5) is 5.69 Å². The molecule has 0 bridgehead atoms. The molecule has 0 aromatic heterocycles. The molecule has 0 saturated carbocycles. The van der Waals surface area contributed by atoms with E-state index in [-0.39, 0.29) is 12.5 Å². The first-order valence-corrected chi connectivity index (χ1v) is 11.8. The van der Waals surface area contributed by atoms with Gasteiger partial charge in [-0.25, -0.2) is 8.42 Å². The van der Waals surface area contributed by atoms with E-state index in [9.17, 15) is 13.2 Å². The van der Waals surface area contributed by atoms with Crippen LogP contribution in [0.5, 0.6) is 23.0 Å². The lowest BCUT2D eigenvalue weighted by molar-refractivity contribution is -0.128. The van der Waals surface area contributed by atoms with Crippen molar-refractivity contribution in [3.05, 3.63) is 42.0 Å². The van der Waals surface area contributed by atoms with Gasteiger partial charge in [-0.05, 0) is 42.8 Å². The van der Waals surface area contributed by atoms with Gasteiger partial charge in [0.15, 0.2) is 17.6 Å². The van der Waals surface area contributed by atoms with Crippen LogP contribution in [0.1, 0.15) is 18.9 Å². The number of carbonyl (C=O) groups is 1. The molecule has 1 unspecified atom stereocenters. The molecule has 0 saturated heterocycles. The standard InChI is InChI=1S/C22H30N2O7S/c1-7-18(31-17-11-9-16(10-12-17)24(2)32(6,26)27)22(25)23-14-15-8-13-19(28-3)21(30-5)20(15)29-4/h8-13,18H,7,14H2,1-6H3,(H,23,25). The van der Waals surface area contributed by atoms with E-state index in [1.165, 1.54) is 28.4 Å². The Kier molecular flexibility index (Phi) is 8.59. The van der Waals surface area contributed by atoms with Gasteiger partial charge in [0.2, 0.25) is 15.8 Å². The van der Waals surface area contributed by atoms with Gasteiger partial charge in [0.25, 0.3) is 5.91 Å². The van der Waals surface area contributed by atoms with Crippen molar-refractivity contribution >= 4 is 21.6 Å². The first-order valence-electron chi connectivity index (χ1n) is 9.92. The zero-order chi connectivity index (χ0) is 23.9. The lowest BCUT2D eigenvalue weighted by atomic mass is 10.1. The molecule has 0 aliphatic rings. The average molecular weight is 467 g/mol. The highest BCUT2D eigenvalue weighted by Gasteiger charge is 2.21. The Bertz CT molecular complexity index is 1020. The molecule has 0 aliphatic carbocycles. The van der Waals surface area contributed by atoms with Crippen molar-refractivity contribution in [2.75, 3.05) is 38.9 Å². The van der Waals surface area contributed by atoms with Crippen molar-refractivity contribution in [3.8, 4) is 23.0 Å². The van der Waals surface area contributed by atoms with Crippen molar-refractivity contribution in [2.45, 2.75) is 26.0 Å². The first kappa shape index (κ1) is 25.1. The van der Waals surface area contributed by atoms with Gasteiger partial charge in [0.1, 0.15) is 5.75 Å². The molecule has 1 N–H and O–H groups in total. The van der Waals surface area contributed by atoms with Gasteiger partial charge in [0.05, 0.1) is 33.3 Å². The second kappa shape index (κ2) is 10.9. The van der Waals surface area contributed by atoms with E-state index in [1.807, 2.05) is 6.92 Å². The Morgan fingerprint density at radius 1 is 1.00 bits per heavy atom. The van der Waals surface area contributed by atoms with Crippen molar-refractivity contribution in [2.24, 2.45) is 0 Å². The number of benzene rings is 2. The Morgan fingerprint density at radius 2 is 1.62 bits per heavy atom. The molecule has 1 amide bonds. The van der Waals surface area contributed by atoms with Crippen LogP contribution in [-0.2, 0) is 21.4 Å². The van der Waals surface area contributed by atoms with Gasteiger partial charge in [-0.1, -0.05) is 6.92 Å². The number of rotatable bonds is 11. The van der Waals surface area contributed by atoms with Crippen LogP contribution in [-0.4, -0.2) is 55.1 Å². The van der Waals surface area contributed by atoms with Crippen molar-refractivity contribution < 1.29 is 32.2 Å². The van der Waals surface area contributed by atoms with Crippen LogP contribution in [0.2, 0.25) is 0 Å². The number of sulfonamides is 1. The highest BCUT2D eigenvalue weighted by atomic mass is 32.2. The molecular weight excluding hydrogens is 436 g/mol. The minimum atomic E-state index is -3.36. The molecule has 0 radical (unpaired) electrons. The highest BCUT2D eigenvalue weighted by Crippen LogP contribution is 2.39. The molecule has 1 atom stereocenters. The predicted octanol–water partition coefficient (Wildman–Crippen LogP) is 2.58. The molecule has 0 aliphatic heterocycles. The SMILES string of the molecule is CCC(Oc1ccc(N(C)S(C)(=O)=O)cc1)C(=O)NCc1ccc(OC)c(OC)c1OC. The third-order valence-electron chi connectivity index (χ3n) is 4.88. The van der Waals surface area contributed by atoms with Gasteiger partial charge < -0.3 is 24.3 Å². The van der Waals surface area contributed by atoms with E-state index in [2.05, 4.69) is 5.32 Å². The Balaban J connectivity index is 2.08. The van der Waals surface area contributed by atoms with Gasteiger partial charge >= 0.3 is 0 Å². The number of amides is 1. The topological polar surface area (TPSA) is 103 Å². The molecular formula is C22H30N2O7S. The van der Waals surface area contributed by atoms with Crippen LogP contribution in [0.15, 0.2) is 36.4 Å². The first-order chi connectivity index (χ1) is 15.2. The van der Waals surface area contributed by atoms with Crippen LogP contribution >= 0.6 is 0 Å². The van der Waals surface area contributed by atoms with Crippen molar-refractivity contribution in [3.63, 3.8) is 0 Å². The molecule has 2 rings (SSSR count). The number of methoxy groups -OCH3 is 3. The fourth-order valence-corrected chi connectivity index (χ4v) is 3.52. The monoisotopic (exact) mass is 466 g/mol. The molecule has 10 heteroatoms. The summed E-state index contributed by atoms with van der Waals surface area (Å²) in [7, 11) is 2.68. The Hall–Kier alpha value is -3.14. The maximum absolute atomic E-state index is 12.7. The van der Waals surface area contributed by atoms with Gasteiger partial charge in [-0.15, -0.1) is 0 Å². The summed E-state index contributed by atoms with van der Waals surface area (Å²) in [6, 6.07) is 10.0. The van der Waals surface area contributed by atoms with Crippen LogP contribution in [0, 0.1) is 0 Å². The van der Waals surface area contributed by atoms with E-state index >= 15 is 0 Å². The quantitative estimate of drug-likeness (QED) is 0.543. The summed E-state index contributed by atoms with van der Waals surface area (Å²) in [5.41, 5.74) is 1.22. The summed E-state index contributed by atoms with van der Waals surface area (Å²) in [5, 5.41) is 2.86.